The highest BCUT2D eigenvalue weighted by atomic mass is 19.3. The van der Waals surface area contributed by atoms with E-state index in [9.17, 15) is 22.4 Å². The van der Waals surface area contributed by atoms with Crippen molar-refractivity contribution in [3.63, 3.8) is 0 Å². The summed E-state index contributed by atoms with van der Waals surface area (Å²) in [6.45, 7) is -1.19. The van der Waals surface area contributed by atoms with Gasteiger partial charge < -0.3 is 9.47 Å². The van der Waals surface area contributed by atoms with Crippen LogP contribution < -0.4 is 9.47 Å². The first kappa shape index (κ1) is 27.0. The zero-order chi connectivity index (χ0) is 25.7. The lowest BCUT2D eigenvalue weighted by Crippen LogP contribution is -2.35. The molecule has 7 heteroatoms. The van der Waals surface area contributed by atoms with Crippen molar-refractivity contribution in [1.29, 1.82) is 0 Å². The van der Waals surface area contributed by atoms with E-state index in [1.54, 1.807) is 0 Å². The maximum absolute atomic E-state index is 14.2. The fourth-order valence-corrected chi connectivity index (χ4v) is 7.01. The minimum atomic E-state index is -3.28. The number of hydrogen-bond acceptors (Lipinski definition) is 3. The fourth-order valence-electron chi connectivity index (χ4n) is 7.01. The molecule has 0 spiro atoms. The summed E-state index contributed by atoms with van der Waals surface area (Å²) in [4.78, 5) is 12.6. The number of rotatable bonds is 8. The first-order chi connectivity index (χ1) is 17.4. The van der Waals surface area contributed by atoms with Crippen LogP contribution in [0.2, 0.25) is 0 Å². The van der Waals surface area contributed by atoms with Gasteiger partial charge in [-0.25, -0.2) is 0 Å². The second kappa shape index (κ2) is 12.5. The number of carbonyl (C=O) groups is 1. The standard InChI is InChI=1S/C29H38F4O3/c1-2-3-4-5-18-6-7-23-17-22(13-12-21(23)16-18)19-8-10-20(11-9-19)28(34)35-24-14-15-25(36-29(32)33)27(31)26(24)30/h2-3,14-15,18-23,29H,4-13,16-17H2,1H3/b3-2+. The minimum Gasteiger partial charge on any atom is -0.432 e. The van der Waals surface area contributed by atoms with E-state index in [0.717, 1.165) is 48.6 Å². The smallest absolute Gasteiger partial charge is 0.387 e. The van der Waals surface area contributed by atoms with E-state index >= 15 is 0 Å². The van der Waals surface area contributed by atoms with Crippen molar-refractivity contribution in [2.24, 2.45) is 35.5 Å². The van der Waals surface area contributed by atoms with E-state index in [1.807, 2.05) is 0 Å². The van der Waals surface area contributed by atoms with Gasteiger partial charge >= 0.3 is 12.6 Å². The molecule has 36 heavy (non-hydrogen) atoms. The molecule has 4 atom stereocenters. The van der Waals surface area contributed by atoms with E-state index in [4.69, 9.17) is 4.74 Å². The van der Waals surface area contributed by atoms with Crippen molar-refractivity contribution < 1.29 is 31.8 Å². The van der Waals surface area contributed by atoms with Gasteiger partial charge in [-0.05, 0) is 119 Å². The Morgan fingerprint density at radius 2 is 1.47 bits per heavy atom. The summed E-state index contributed by atoms with van der Waals surface area (Å²) in [7, 11) is 0. The monoisotopic (exact) mass is 510 g/mol. The summed E-state index contributed by atoms with van der Waals surface area (Å²) in [6, 6.07) is 1.80. The quantitative estimate of drug-likeness (QED) is 0.152. The maximum Gasteiger partial charge on any atom is 0.387 e. The van der Waals surface area contributed by atoms with Gasteiger partial charge in [0.25, 0.3) is 0 Å². The van der Waals surface area contributed by atoms with Crippen molar-refractivity contribution in [2.75, 3.05) is 0 Å². The van der Waals surface area contributed by atoms with Crippen LogP contribution in [0.1, 0.15) is 84.0 Å². The number of halogens is 4. The largest absolute Gasteiger partial charge is 0.432 e. The molecule has 0 heterocycles. The summed E-state index contributed by atoms with van der Waals surface area (Å²) in [6.07, 6.45) is 18.2. The molecule has 1 aromatic carbocycles. The molecular formula is C29H38F4O3. The number of esters is 1. The summed E-state index contributed by atoms with van der Waals surface area (Å²) < 4.78 is 61.8. The van der Waals surface area contributed by atoms with Gasteiger partial charge in [-0.1, -0.05) is 18.6 Å². The molecule has 3 aliphatic carbocycles. The molecule has 0 bridgehead atoms. The molecular weight excluding hydrogens is 472 g/mol. The Morgan fingerprint density at radius 3 is 2.17 bits per heavy atom. The molecule has 200 valence electrons. The Hall–Kier alpha value is -2.05. The van der Waals surface area contributed by atoms with Crippen molar-refractivity contribution in [3.8, 4) is 11.5 Å². The second-order valence-corrected chi connectivity index (χ2v) is 11.0. The number of ether oxygens (including phenoxy) is 2. The zero-order valence-corrected chi connectivity index (χ0v) is 21.1. The number of carbonyl (C=O) groups excluding carboxylic acids is 1. The Kier molecular flexibility index (Phi) is 9.35. The molecule has 4 rings (SSSR count). The van der Waals surface area contributed by atoms with E-state index in [1.165, 1.54) is 51.4 Å². The Labute approximate surface area is 211 Å². The third-order valence-electron chi connectivity index (χ3n) is 8.95. The van der Waals surface area contributed by atoms with Crippen LogP contribution in [-0.2, 0) is 4.79 Å². The van der Waals surface area contributed by atoms with Gasteiger partial charge in [-0.15, -0.1) is 0 Å². The number of allylic oxidation sites excluding steroid dienone is 2. The highest BCUT2D eigenvalue weighted by Gasteiger charge is 2.39. The Balaban J connectivity index is 1.23. The van der Waals surface area contributed by atoms with Crippen molar-refractivity contribution in [2.45, 2.75) is 90.6 Å². The summed E-state index contributed by atoms with van der Waals surface area (Å²) >= 11 is 0. The summed E-state index contributed by atoms with van der Waals surface area (Å²) in [5.74, 6) is -1.61. The maximum atomic E-state index is 14.2. The van der Waals surface area contributed by atoms with E-state index in [0.29, 0.717) is 18.8 Å². The van der Waals surface area contributed by atoms with Crippen LogP contribution in [-0.4, -0.2) is 12.6 Å². The molecule has 3 nitrogen and oxygen atoms in total. The van der Waals surface area contributed by atoms with Gasteiger partial charge in [0, 0.05) is 0 Å². The van der Waals surface area contributed by atoms with Gasteiger partial charge in [0.15, 0.2) is 11.5 Å². The zero-order valence-electron chi connectivity index (χ0n) is 21.1. The van der Waals surface area contributed by atoms with Crippen molar-refractivity contribution >= 4 is 5.97 Å². The number of hydrogen-bond donors (Lipinski definition) is 0. The van der Waals surface area contributed by atoms with Crippen LogP contribution in [0, 0.1) is 47.1 Å². The predicted octanol–water partition coefficient (Wildman–Crippen LogP) is 8.47. The average Bonchev–Trinajstić information content (AvgIpc) is 2.88. The van der Waals surface area contributed by atoms with Gasteiger partial charge in [-0.2, -0.15) is 17.6 Å². The topological polar surface area (TPSA) is 35.5 Å². The summed E-state index contributed by atoms with van der Waals surface area (Å²) in [5, 5.41) is 0. The molecule has 3 saturated carbocycles. The lowest BCUT2D eigenvalue weighted by Gasteiger charge is -2.45. The fraction of sp³-hybridized carbons (Fsp3) is 0.690. The second-order valence-electron chi connectivity index (χ2n) is 11.0. The van der Waals surface area contributed by atoms with Crippen LogP contribution in [0.5, 0.6) is 11.5 Å². The van der Waals surface area contributed by atoms with Crippen LogP contribution in [0.15, 0.2) is 24.3 Å². The molecule has 1 aromatic rings. The van der Waals surface area contributed by atoms with Gasteiger partial charge in [0.1, 0.15) is 0 Å². The Morgan fingerprint density at radius 1 is 0.889 bits per heavy atom. The highest BCUT2D eigenvalue weighted by Crippen LogP contribution is 2.49. The minimum absolute atomic E-state index is 0.357. The van der Waals surface area contributed by atoms with E-state index < -0.39 is 35.7 Å². The molecule has 0 radical (unpaired) electrons. The van der Waals surface area contributed by atoms with Crippen molar-refractivity contribution in [1.82, 2.24) is 0 Å². The molecule has 3 fully saturated rings. The predicted molar refractivity (Wildman–Crippen MR) is 130 cm³/mol. The van der Waals surface area contributed by atoms with Crippen LogP contribution in [0.25, 0.3) is 0 Å². The molecule has 4 unspecified atom stereocenters. The third kappa shape index (κ3) is 6.63. The molecule has 0 aliphatic heterocycles. The lowest BCUT2D eigenvalue weighted by atomic mass is 9.60. The molecule has 0 N–H and O–H groups in total. The number of benzene rings is 1. The third-order valence-corrected chi connectivity index (χ3v) is 8.95. The highest BCUT2D eigenvalue weighted by molar-refractivity contribution is 5.75. The number of fused-ring (bicyclic) bond motifs is 1. The lowest BCUT2D eigenvalue weighted by molar-refractivity contribution is -0.140. The van der Waals surface area contributed by atoms with Crippen LogP contribution in [0.4, 0.5) is 17.6 Å². The number of alkyl halides is 2. The first-order valence-electron chi connectivity index (χ1n) is 13.6. The van der Waals surface area contributed by atoms with Crippen LogP contribution in [0.3, 0.4) is 0 Å². The summed E-state index contributed by atoms with van der Waals surface area (Å²) in [5.41, 5.74) is 0. The normalized spacial score (nSPS) is 30.8. The molecule has 0 aromatic heterocycles. The van der Waals surface area contributed by atoms with Gasteiger partial charge in [-0.3, -0.25) is 4.79 Å². The van der Waals surface area contributed by atoms with E-state index in [2.05, 4.69) is 23.8 Å². The molecule has 0 amide bonds. The average molecular weight is 511 g/mol. The van der Waals surface area contributed by atoms with Gasteiger partial charge in [0.2, 0.25) is 11.6 Å². The Bertz CT molecular complexity index is 910. The van der Waals surface area contributed by atoms with Gasteiger partial charge in [0.05, 0.1) is 5.92 Å². The molecule has 3 aliphatic rings. The van der Waals surface area contributed by atoms with Crippen molar-refractivity contribution in [3.05, 3.63) is 35.9 Å². The first-order valence-corrected chi connectivity index (χ1v) is 13.6. The van der Waals surface area contributed by atoms with E-state index in [-0.39, 0.29) is 5.92 Å². The van der Waals surface area contributed by atoms with Crippen LogP contribution >= 0.6 is 0 Å². The molecule has 0 saturated heterocycles. The SMILES string of the molecule is C/C=C/CCC1CCC2CC(C3CCC(C(=O)Oc4ccc(OC(F)F)c(F)c4F)CC3)CCC2C1.